The molecule has 2 nitrogen and oxygen atoms in total. The number of pyridine rings is 2. The molecule has 0 N–H and O–H groups in total. The van der Waals surface area contributed by atoms with Gasteiger partial charge in [-0.05, 0) is 36.4 Å². The summed E-state index contributed by atoms with van der Waals surface area (Å²) in [6.45, 7) is 0. The minimum absolute atomic E-state index is 0.549. The van der Waals surface area contributed by atoms with Gasteiger partial charge in [0, 0.05) is 29.0 Å². The quantitative estimate of drug-likeness (QED) is 0.625. The Morgan fingerprint density at radius 2 is 1.45 bits per heavy atom. The van der Waals surface area contributed by atoms with E-state index < -0.39 is 5.76 Å². The van der Waals surface area contributed by atoms with Gasteiger partial charge in [-0.3, -0.25) is 9.97 Å². The Hall–Kier alpha value is -2.27. The lowest BCUT2D eigenvalue weighted by molar-refractivity contribution is 0.252. The van der Waals surface area contributed by atoms with Gasteiger partial charge >= 0.3 is 0 Å². The first-order valence-electron chi connectivity index (χ1n) is 6.57. The lowest BCUT2D eigenvalue weighted by Gasteiger charge is -2.02. The van der Waals surface area contributed by atoms with Crippen molar-refractivity contribution in [3.63, 3.8) is 0 Å². The molecule has 0 saturated carbocycles. The SMILES string of the molecule is FC(F)Sc1ccc(-c2ccccn2)cc1.c1ccncc1. The molecule has 3 rings (SSSR count). The molecule has 1 aromatic carbocycles. The maximum absolute atomic E-state index is 12.1. The van der Waals surface area contributed by atoms with E-state index in [0.717, 1.165) is 11.3 Å². The molecule has 0 aliphatic carbocycles. The normalized spacial score (nSPS) is 9.95. The van der Waals surface area contributed by atoms with Gasteiger partial charge in [0.05, 0.1) is 5.69 Å². The zero-order chi connectivity index (χ0) is 15.6. The van der Waals surface area contributed by atoms with E-state index in [0.29, 0.717) is 16.7 Å². The Labute approximate surface area is 132 Å². The molecule has 112 valence electrons. The molecule has 3 aromatic rings. The van der Waals surface area contributed by atoms with Crippen LogP contribution in [0.4, 0.5) is 8.78 Å². The van der Waals surface area contributed by atoms with Crippen LogP contribution in [0.3, 0.4) is 0 Å². The van der Waals surface area contributed by atoms with Crippen LogP contribution in [-0.4, -0.2) is 15.7 Å². The molecular formula is C17H14F2N2S. The van der Waals surface area contributed by atoms with Crippen molar-refractivity contribution in [3.05, 3.63) is 79.3 Å². The fourth-order valence-corrected chi connectivity index (χ4v) is 2.15. The molecule has 0 aliphatic rings. The maximum Gasteiger partial charge on any atom is 0.288 e. The summed E-state index contributed by atoms with van der Waals surface area (Å²) in [5.74, 6) is -2.37. The molecule has 0 atom stereocenters. The van der Waals surface area contributed by atoms with Gasteiger partial charge < -0.3 is 0 Å². The third-order valence-corrected chi connectivity index (χ3v) is 3.33. The number of alkyl halides is 2. The van der Waals surface area contributed by atoms with Crippen molar-refractivity contribution in [2.45, 2.75) is 10.7 Å². The maximum atomic E-state index is 12.1. The van der Waals surface area contributed by atoms with E-state index in [2.05, 4.69) is 9.97 Å². The van der Waals surface area contributed by atoms with Gasteiger partial charge in [0.2, 0.25) is 0 Å². The molecule has 5 heteroatoms. The van der Waals surface area contributed by atoms with Crippen LogP contribution in [0.25, 0.3) is 11.3 Å². The molecular weight excluding hydrogens is 302 g/mol. The van der Waals surface area contributed by atoms with Crippen molar-refractivity contribution in [3.8, 4) is 11.3 Å². The van der Waals surface area contributed by atoms with E-state index in [-0.39, 0.29) is 0 Å². The van der Waals surface area contributed by atoms with Gasteiger partial charge in [0.1, 0.15) is 0 Å². The average molecular weight is 316 g/mol. The minimum atomic E-state index is -2.37. The van der Waals surface area contributed by atoms with Crippen molar-refractivity contribution in [1.82, 2.24) is 9.97 Å². The molecule has 2 aromatic heterocycles. The number of hydrogen-bond donors (Lipinski definition) is 0. The van der Waals surface area contributed by atoms with Crippen LogP contribution in [0, 0.1) is 0 Å². The first-order chi connectivity index (χ1) is 10.8. The number of thioether (sulfide) groups is 1. The Bertz CT molecular complexity index is 620. The number of nitrogens with zero attached hydrogens (tertiary/aromatic N) is 2. The van der Waals surface area contributed by atoms with Gasteiger partial charge in [0.15, 0.2) is 0 Å². The Balaban J connectivity index is 0.000000246. The van der Waals surface area contributed by atoms with Gasteiger partial charge in [-0.1, -0.05) is 36.0 Å². The third kappa shape index (κ3) is 5.61. The van der Waals surface area contributed by atoms with Crippen molar-refractivity contribution in [2.24, 2.45) is 0 Å². The summed E-state index contributed by atoms with van der Waals surface area (Å²) in [5, 5.41) is 0. The second-order valence-corrected chi connectivity index (χ2v) is 5.21. The summed E-state index contributed by atoms with van der Waals surface area (Å²) in [4.78, 5) is 8.53. The molecule has 22 heavy (non-hydrogen) atoms. The van der Waals surface area contributed by atoms with Gasteiger partial charge in [-0.25, -0.2) is 0 Å². The van der Waals surface area contributed by atoms with E-state index in [1.165, 1.54) is 0 Å². The van der Waals surface area contributed by atoms with Crippen LogP contribution in [0.2, 0.25) is 0 Å². The van der Waals surface area contributed by atoms with Crippen LogP contribution >= 0.6 is 11.8 Å². The van der Waals surface area contributed by atoms with Crippen molar-refractivity contribution >= 4 is 11.8 Å². The lowest BCUT2D eigenvalue weighted by atomic mass is 10.1. The average Bonchev–Trinajstić information content (AvgIpc) is 2.58. The van der Waals surface area contributed by atoms with Gasteiger partial charge in [-0.2, -0.15) is 8.78 Å². The van der Waals surface area contributed by atoms with Crippen molar-refractivity contribution in [1.29, 1.82) is 0 Å². The third-order valence-electron chi connectivity index (χ3n) is 2.61. The summed E-state index contributed by atoms with van der Waals surface area (Å²) >= 11 is 0.549. The molecule has 0 aliphatic heterocycles. The summed E-state index contributed by atoms with van der Waals surface area (Å²) in [6.07, 6.45) is 5.21. The molecule has 0 saturated heterocycles. The number of hydrogen-bond acceptors (Lipinski definition) is 3. The molecule has 0 fully saturated rings. The van der Waals surface area contributed by atoms with Crippen molar-refractivity contribution in [2.75, 3.05) is 0 Å². The molecule has 0 bridgehead atoms. The number of benzene rings is 1. The predicted octanol–water partition coefficient (Wildman–Crippen LogP) is 5.14. The highest BCUT2D eigenvalue weighted by Gasteiger charge is 2.05. The van der Waals surface area contributed by atoms with Crippen LogP contribution < -0.4 is 0 Å². The van der Waals surface area contributed by atoms with Crippen molar-refractivity contribution < 1.29 is 8.78 Å². The smallest absolute Gasteiger partial charge is 0.265 e. The van der Waals surface area contributed by atoms with Crippen LogP contribution in [-0.2, 0) is 0 Å². The molecule has 0 spiro atoms. The zero-order valence-electron chi connectivity index (χ0n) is 11.6. The molecule has 0 radical (unpaired) electrons. The summed E-state index contributed by atoms with van der Waals surface area (Å²) in [7, 11) is 0. The highest BCUT2D eigenvalue weighted by atomic mass is 32.2. The van der Waals surface area contributed by atoms with E-state index in [9.17, 15) is 8.78 Å². The van der Waals surface area contributed by atoms with Crippen LogP contribution in [0.5, 0.6) is 0 Å². The van der Waals surface area contributed by atoms with E-state index in [1.54, 1.807) is 42.9 Å². The summed E-state index contributed by atoms with van der Waals surface area (Å²) in [6, 6.07) is 18.3. The Morgan fingerprint density at radius 1 is 0.773 bits per heavy atom. The molecule has 0 amide bonds. The topological polar surface area (TPSA) is 25.8 Å². The number of halogens is 2. The highest BCUT2D eigenvalue weighted by Crippen LogP contribution is 2.27. The fraction of sp³-hybridized carbons (Fsp3) is 0.0588. The van der Waals surface area contributed by atoms with E-state index in [1.807, 2.05) is 36.4 Å². The fourth-order valence-electron chi connectivity index (χ4n) is 1.65. The predicted molar refractivity (Wildman–Crippen MR) is 85.8 cm³/mol. The highest BCUT2D eigenvalue weighted by molar-refractivity contribution is 7.99. The minimum Gasteiger partial charge on any atom is -0.265 e. The summed E-state index contributed by atoms with van der Waals surface area (Å²) < 4.78 is 24.2. The molecule has 2 heterocycles. The standard InChI is InChI=1S/C12H9F2NS.C5H5N/c13-12(14)16-10-6-4-9(5-7-10)11-3-1-2-8-15-11;1-2-4-6-5-3-1/h1-8,12H;1-5H. The van der Waals surface area contributed by atoms with Crippen LogP contribution in [0.15, 0.2) is 84.1 Å². The second-order valence-electron chi connectivity index (χ2n) is 4.14. The Kier molecular flexibility index (Phi) is 6.51. The largest absolute Gasteiger partial charge is 0.288 e. The lowest BCUT2D eigenvalue weighted by Crippen LogP contribution is -1.84. The Morgan fingerprint density at radius 3 is 1.91 bits per heavy atom. The number of aromatic nitrogens is 2. The molecule has 0 unspecified atom stereocenters. The zero-order valence-corrected chi connectivity index (χ0v) is 12.5. The number of rotatable bonds is 3. The van der Waals surface area contributed by atoms with E-state index >= 15 is 0 Å². The first kappa shape index (κ1) is 16.1. The first-order valence-corrected chi connectivity index (χ1v) is 7.45. The van der Waals surface area contributed by atoms with E-state index in [4.69, 9.17) is 0 Å². The van der Waals surface area contributed by atoms with Crippen LogP contribution in [0.1, 0.15) is 0 Å². The monoisotopic (exact) mass is 316 g/mol. The van der Waals surface area contributed by atoms with Gasteiger partial charge in [-0.15, -0.1) is 0 Å². The second kappa shape index (κ2) is 8.89. The van der Waals surface area contributed by atoms with Gasteiger partial charge in [0.25, 0.3) is 5.76 Å². The summed E-state index contributed by atoms with van der Waals surface area (Å²) in [5.41, 5.74) is 1.77.